The highest BCUT2D eigenvalue weighted by Crippen LogP contribution is 2.31. The van der Waals surface area contributed by atoms with E-state index in [9.17, 15) is 4.79 Å². The van der Waals surface area contributed by atoms with E-state index in [1.165, 1.54) is 6.92 Å². The summed E-state index contributed by atoms with van der Waals surface area (Å²) in [5, 5.41) is 6.13. The van der Waals surface area contributed by atoms with E-state index in [4.69, 9.17) is 14.5 Å². The molecular weight excluding hydrogens is 420 g/mol. The van der Waals surface area contributed by atoms with Gasteiger partial charge in [-0.05, 0) is 31.4 Å². The van der Waals surface area contributed by atoms with Crippen LogP contribution in [0.3, 0.4) is 0 Å². The van der Waals surface area contributed by atoms with Crippen LogP contribution in [-0.2, 0) is 20.9 Å². The van der Waals surface area contributed by atoms with Crippen LogP contribution in [0.4, 0.5) is 17.3 Å². The lowest BCUT2D eigenvalue weighted by Crippen LogP contribution is -2.18. The van der Waals surface area contributed by atoms with Crippen molar-refractivity contribution in [2.24, 2.45) is 0 Å². The first kappa shape index (κ1) is 22.8. The fourth-order valence-electron chi connectivity index (χ4n) is 3.77. The molecule has 172 valence electrons. The molecule has 0 bridgehead atoms. The number of carbonyl (C=O) groups is 1. The molecule has 1 unspecified atom stereocenters. The molecule has 3 aromatic heterocycles. The number of ether oxygens (including phenoxy) is 2. The van der Waals surface area contributed by atoms with Gasteiger partial charge >= 0.3 is 0 Å². The summed E-state index contributed by atoms with van der Waals surface area (Å²) in [5.74, 6) is 1.87. The van der Waals surface area contributed by atoms with Crippen LogP contribution in [0.1, 0.15) is 42.8 Å². The molecule has 0 radical (unpaired) electrons. The van der Waals surface area contributed by atoms with Gasteiger partial charge in [0.25, 0.3) is 0 Å². The van der Waals surface area contributed by atoms with Gasteiger partial charge in [-0.2, -0.15) is 0 Å². The van der Waals surface area contributed by atoms with Gasteiger partial charge in [-0.3, -0.25) is 9.78 Å². The number of pyridine rings is 2. The number of anilines is 3. The largest absolute Gasteiger partial charge is 0.381 e. The molecule has 0 aliphatic carbocycles. The first-order chi connectivity index (χ1) is 16.0. The van der Waals surface area contributed by atoms with Gasteiger partial charge in [0.1, 0.15) is 17.5 Å². The number of hydrogen-bond acceptors (Lipinski definition) is 8. The average molecular weight is 449 g/mol. The number of carbonyl (C=O) groups excluding carboxylic acids is 1. The Balaban J connectivity index is 1.69. The van der Waals surface area contributed by atoms with Crippen molar-refractivity contribution < 1.29 is 14.3 Å². The minimum absolute atomic E-state index is 0.182. The molecule has 0 saturated carbocycles. The van der Waals surface area contributed by atoms with Crippen LogP contribution in [0.2, 0.25) is 0 Å². The molecule has 1 aliphatic rings. The van der Waals surface area contributed by atoms with Crippen molar-refractivity contribution in [3.63, 3.8) is 0 Å². The van der Waals surface area contributed by atoms with Crippen LogP contribution < -0.4 is 10.6 Å². The molecule has 4 rings (SSSR count). The third-order valence-corrected chi connectivity index (χ3v) is 5.28. The fourth-order valence-corrected chi connectivity index (χ4v) is 3.77. The monoisotopic (exact) mass is 448 g/mol. The Morgan fingerprint density at radius 3 is 2.76 bits per heavy atom. The number of rotatable bonds is 7. The molecule has 1 aliphatic heterocycles. The quantitative estimate of drug-likeness (QED) is 0.558. The first-order valence-electron chi connectivity index (χ1n) is 10.9. The SMILES string of the molecule is COCc1ccc(-c2cnc(NC(C)=O)cc2Nc2cc(C)nc(C3CCCOC3)n2)nc1. The van der Waals surface area contributed by atoms with Crippen molar-refractivity contribution in [1.82, 2.24) is 19.9 Å². The van der Waals surface area contributed by atoms with Gasteiger partial charge in [-0.15, -0.1) is 0 Å². The fraction of sp³-hybridized carbons (Fsp3) is 0.375. The molecule has 9 heteroatoms. The number of aryl methyl sites for hydroxylation is 1. The number of methoxy groups -OCH3 is 1. The lowest BCUT2D eigenvalue weighted by atomic mass is 10.0. The minimum atomic E-state index is -0.194. The normalized spacial score (nSPS) is 15.8. The summed E-state index contributed by atoms with van der Waals surface area (Å²) in [6, 6.07) is 7.56. The maximum absolute atomic E-state index is 11.6. The Morgan fingerprint density at radius 1 is 1.18 bits per heavy atom. The third-order valence-electron chi connectivity index (χ3n) is 5.28. The highest BCUT2D eigenvalue weighted by atomic mass is 16.5. The molecule has 33 heavy (non-hydrogen) atoms. The van der Waals surface area contributed by atoms with Crippen LogP contribution in [0.25, 0.3) is 11.3 Å². The van der Waals surface area contributed by atoms with Gasteiger partial charge in [0.2, 0.25) is 5.91 Å². The first-order valence-corrected chi connectivity index (χ1v) is 10.9. The van der Waals surface area contributed by atoms with E-state index < -0.39 is 0 Å². The van der Waals surface area contributed by atoms with E-state index in [0.717, 1.165) is 53.5 Å². The molecule has 3 aromatic rings. The molecule has 1 atom stereocenters. The summed E-state index contributed by atoms with van der Waals surface area (Å²) < 4.78 is 10.8. The van der Waals surface area contributed by atoms with E-state index >= 15 is 0 Å². The van der Waals surface area contributed by atoms with E-state index in [1.54, 1.807) is 25.6 Å². The predicted octanol–water partition coefficient (Wildman–Crippen LogP) is 3.98. The maximum Gasteiger partial charge on any atom is 0.222 e. The Morgan fingerprint density at radius 2 is 2.06 bits per heavy atom. The van der Waals surface area contributed by atoms with E-state index in [2.05, 4.69) is 25.6 Å². The Kier molecular flexibility index (Phi) is 7.21. The second-order valence-electron chi connectivity index (χ2n) is 8.07. The number of aromatic nitrogens is 4. The third kappa shape index (κ3) is 5.88. The van der Waals surface area contributed by atoms with E-state index in [1.807, 2.05) is 25.1 Å². The van der Waals surface area contributed by atoms with Crippen molar-refractivity contribution in [3.05, 3.63) is 53.7 Å². The lowest BCUT2D eigenvalue weighted by Gasteiger charge is -2.21. The molecule has 1 saturated heterocycles. The second-order valence-corrected chi connectivity index (χ2v) is 8.07. The highest BCUT2D eigenvalue weighted by molar-refractivity contribution is 5.89. The number of nitrogens with zero attached hydrogens (tertiary/aromatic N) is 4. The Labute approximate surface area is 193 Å². The van der Waals surface area contributed by atoms with Crippen molar-refractivity contribution in [1.29, 1.82) is 0 Å². The molecule has 1 amide bonds. The lowest BCUT2D eigenvalue weighted by molar-refractivity contribution is -0.114. The maximum atomic E-state index is 11.6. The molecular formula is C24H28N6O3. The minimum Gasteiger partial charge on any atom is -0.381 e. The zero-order valence-corrected chi connectivity index (χ0v) is 19.1. The van der Waals surface area contributed by atoms with Gasteiger partial charge in [0, 0.05) is 62.3 Å². The number of hydrogen-bond donors (Lipinski definition) is 2. The molecule has 0 aromatic carbocycles. The summed E-state index contributed by atoms with van der Waals surface area (Å²) in [6.45, 7) is 5.31. The molecule has 1 fully saturated rings. The van der Waals surface area contributed by atoms with E-state index in [0.29, 0.717) is 24.8 Å². The number of nitrogens with one attached hydrogen (secondary N) is 2. The second kappa shape index (κ2) is 10.5. The van der Waals surface area contributed by atoms with Crippen LogP contribution in [-0.4, -0.2) is 46.2 Å². The molecule has 9 nitrogen and oxygen atoms in total. The summed E-state index contributed by atoms with van der Waals surface area (Å²) in [4.78, 5) is 29.9. The van der Waals surface area contributed by atoms with Crippen molar-refractivity contribution >= 4 is 23.2 Å². The van der Waals surface area contributed by atoms with Crippen molar-refractivity contribution in [3.8, 4) is 11.3 Å². The van der Waals surface area contributed by atoms with Crippen LogP contribution in [0.5, 0.6) is 0 Å². The molecule has 2 N–H and O–H groups in total. The standard InChI is InChI=1S/C24H28N6O3/c1-15-9-23(30-24(27-15)18-5-4-8-33-14-18)29-21-10-22(28-16(2)31)26-12-19(21)20-7-6-17(11-25-20)13-32-3/h6-7,9-12,18H,4-5,8,13-14H2,1-3H3,(H2,26,27,28,29,30,31). The smallest absolute Gasteiger partial charge is 0.222 e. The molecule has 0 spiro atoms. The summed E-state index contributed by atoms with van der Waals surface area (Å²) in [5.41, 5.74) is 4.10. The van der Waals surface area contributed by atoms with Gasteiger partial charge in [-0.25, -0.2) is 15.0 Å². The van der Waals surface area contributed by atoms with Crippen LogP contribution >= 0.6 is 0 Å². The van der Waals surface area contributed by atoms with Gasteiger partial charge in [0.15, 0.2) is 0 Å². The average Bonchev–Trinajstić information content (AvgIpc) is 2.80. The van der Waals surface area contributed by atoms with Gasteiger partial charge in [0.05, 0.1) is 24.6 Å². The summed E-state index contributed by atoms with van der Waals surface area (Å²) >= 11 is 0. The van der Waals surface area contributed by atoms with Crippen molar-refractivity contribution in [2.75, 3.05) is 31.0 Å². The zero-order valence-electron chi connectivity index (χ0n) is 19.1. The molecule has 4 heterocycles. The zero-order chi connectivity index (χ0) is 23.2. The topological polar surface area (TPSA) is 111 Å². The van der Waals surface area contributed by atoms with Crippen molar-refractivity contribution in [2.45, 2.75) is 39.2 Å². The highest BCUT2D eigenvalue weighted by Gasteiger charge is 2.20. The predicted molar refractivity (Wildman–Crippen MR) is 125 cm³/mol. The Hall–Kier alpha value is -3.43. The van der Waals surface area contributed by atoms with Crippen LogP contribution in [0.15, 0.2) is 36.7 Å². The van der Waals surface area contributed by atoms with E-state index in [-0.39, 0.29) is 11.8 Å². The van der Waals surface area contributed by atoms with Gasteiger partial charge < -0.3 is 20.1 Å². The van der Waals surface area contributed by atoms with Crippen LogP contribution in [0, 0.1) is 6.92 Å². The number of amides is 1. The summed E-state index contributed by atoms with van der Waals surface area (Å²) in [7, 11) is 1.65. The summed E-state index contributed by atoms with van der Waals surface area (Å²) in [6.07, 6.45) is 5.48. The van der Waals surface area contributed by atoms with Gasteiger partial charge in [-0.1, -0.05) is 6.07 Å². The Bertz CT molecular complexity index is 1110.